The van der Waals surface area contributed by atoms with Crippen LogP contribution in [0.25, 0.3) is 0 Å². The first-order chi connectivity index (χ1) is 6.66. The maximum Gasteiger partial charge on any atom is 0.0586 e. The third-order valence-electron chi connectivity index (χ3n) is 3.68. The highest BCUT2D eigenvalue weighted by atomic mass is 15.4. The van der Waals surface area contributed by atoms with Gasteiger partial charge in [-0.2, -0.15) is 0 Å². The van der Waals surface area contributed by atoms with Crippen LogP contribution in [0.1, 0.15) is 0 Å². The second kappa shape index (κ2) is 3.77. The zero-order valence-corrected chi connectivity index (χ0v) is 9.37. The lowest BCUT2D eigenvalue weighted by atomic mass is 9.87. The largest absolute Gasteiger partial charge is 0.329 e. The lowest BCUT2D eigenvalue weighted by Gasteiger charge is -2.56. The molecule has 0 aliphatic carbocycles. The summed E-state index contributed by atoms with van der Waals surface area (Å²) in [5.74, 6) is 0. The number of hydrogen-bond donors (Lipinski definition) is 1. The third-order valence-corrected chi connectivity index (χ3v) is 3.68. The van der Waals surface area contributed by atoms with Gasteiger partial charge in [0.15, 0.2) is 0 Å². The van der Waals surface area contributed by atoms with Crippen molar-refractivity contribution in [3.05, 3.63) is 0 Å². The number of hydrogen-bond acceptors (Lipinski definition) is 4. The molecule has 0 bridgehead atoms. The van der Waals surface area contributed by atoms with Crippen LogP contribution < -0.4 is 5.73 Å². The van der Waals surface area contributed by atoms with Gasteiger partial charge in [-0.1, -0.05) is 0 Å². The Bertz CT molecular complexity index is 192. The maximum absolute atomic E-state index is 5.91. The molecule has 0 amide bonds. The van der Waals surface area contributed by atoms with Gasteiger partial charge < -0.3 is 15.5 Å². The van der Waals surface area contributed by atoms with Crippen molar-refractivity contribution in [1.82, 2.24) is 14.7 Å². The van der Waals surface area contributed by atoms with Gasteiger partial charge in [-0.05, 0) is 14.1 Å². The number of nitrogens with two attached hydrogens (primary N) is 1. The van der Waals surface area contributed by atoms with E-state index in [-0.39, 0.29) is 0 Å². The maximum atomic E-state index is 5.91. The van der Waals surface area contributed by atoms with Crippen LogP contribution in [0.5, 0.6) is 0 Å². The van der Waals surface area contributed by atoms with E-state index in [4.69, 9.17) is 5.73 Å². The second-order valence-electron chi connectivity index (χ2n) is 4.89. The molecule has 2 fully saturated rings. The van der Waals surface area contributed by atoms with E-state index in [2.05, 4.69) is 28.8 Å². The predicted octanol–water partition coefficient (Wildman–Crippen LogP) is -1.12. The van der Waals surface area contributed by atoms with E-state index in [9.17, 15) is 0 Å². The molecule has 0 aromatic carbocycles. The SMILES string of the molecule is CN1CCN(C2(CN)CN(C)C2)CC1. The Morgan fingerprint density at radius 3 is 2.00 bits per heavy atom. The average molecular weight is 198 g/mol. The van der Waals surface area contributed by atoms with Crippen molar-refractivity contribution in [2.24, 2.45) is 5.73 Å². The van der Waals surface area contributed by atoms with Gasteiger partial charge in [-0.25, -0.2) is 0 Å². The van der Waals surface area contributed by atoms with Gasteiger partial charge in [0.2, 0.25) is 0 Å². The van der Waals surface area contributed by atoms with Crippen molar-refractivity contribution in [2.45, 2.75) is 5.54 Å². The monoisotopic (exact) mass is 198 g/mol. The summed E-state index contributed by atoms with van der Waals surface area (Å²) in [5, 5.41) is 0. The first-order valence-corrected chi connectivity index (χ1v) is 5.48. The van der Waals surface area contributed by atoms with Gasteiger partial charge in [-0.3, -0.25) is 4.90 Å². The van der Waals surface area contributed by atoms with Crippen molar-refractivity contribution in [2.75, 3.05) is 59.9 Å². The molecule has 4 nitrogen and oxygen atoms in total. The Morgan fingerprint density at radius 2 is 1.57 bits per heavy atom. The fourth-order valence-corrected chi connectivity index (χ4v) is 2.70. The Labute approximate surface area is 86.6 Å². The minimum atomic E-state index is 0.302. The van der Waals surface area contributed by atoms with Crippen LogP contribution in [0.4, 0.5) is 0 Å². The minimum absolute atomic E-state index is 0.302. The molecule has 82 valence electrons. The van der Waals surface area contributed by atoms with Crippen molar-refractivity contribution >= 4 is 0 Å². The molecule has 0 atom stereocenters. The molecule has 0 aromatic rings. The van der Waals surface area contributed by atoms with Crippen LogP contribution in [0.2, 0.25) is 0 Å². The van der Waals surface area contributed by atoms with E-state index in [0.29, 0.717) is 5.54 Å². The summed E-state index contributed by atoms with van der Waals surface area (Å²) >= 11 is 0. The quantitative estimate of drug-likeness (QED) is 0.609. The molecular weight excluding hydrogens is 176 g/mol. The van der Waals surface area contributed by atoms with E-state index < -0.39 is 0 Å². The molecule has 2 saturated heterocycles. The zero-order chi connectivity index (χ0) is 10.2. The molecule has 2 rings (SSSR count). The van der Waals surface area contributed by atoms with Crippen LogP contribution in [-0.2, 0) is 0 Å². The molecule has 0 radical (unpaired) electrons. The van der Waals surface area contributed by atoms with Crippen molar-refractivity contribution in [3.63, 3.8) is 0 Å². The highest BCUT2D eigenvalue weighted by molar-refractivity contribution is 5.04. The van der Waals surface area contributed by atoms with E-state index in [0.717, 1.165) is 19.6 Å². The Morgan fingerprint density at radius 1 is 1.00 bits per heavy atom. The van der Waals surface area contributed by atoms with E-state index in [1.54, 1.807) is 0 Å². The van der Waals surface area contributed by atoms with E-state index in [1.807, 2.05) is 0 Å². The Kier molecular flexibility index (Phi) is 2.79. The molecule has 2 aliphatic rings. The Hall–Kier alpha value is -0.160. The first kappa shape index (κ1) is 10.4. The molecule has 0 aromatic heterocycles. The highest BCUT2D eigenvalue weighted by Crippen LogP contribution is 2.26. The van der Waals surface area contributed by atoms with Crippen LogP contribution >= 0.6 is 0 Å². The fourth-order valence-electron chi connectivity index (χ4n) is 2.70. The van der Waals surface area contributed by atoms with Gasteiger partial charge >= 0.3 is 0 Å². The third kappa shape index (κ3) is 1.67. The zero-order valence-electron chi connectivity index (χ0n) is 9.37. The first-order valence-electron chi connectivity index (χ1n) is 5.48. The smallest absolute Gasteiger partial charge is 0.0586 e. The van der Waals surface area contributed by atoms with Crippen molar-refractivity contribution < 1.29 is 0 Å². The minimum Gasteiger partial charge on any atom is -0.329 e. The summed E-state index contributed by atoms with van der Waals surface area (Å²) in [6.45, 7) is 7.83. The summed E-state index contributed by atoms with van der Waals surface area (Å²) in [6.07, 6.45) is 0. The van der Waals surface area contributed by atoms with Gasteiger partial charge in [-0.15, -0.1) is 0 Å². The van der Waals surface area contributed by atoms with Crippen molar-refractivity contribution in [1.29, 1.82) is 0 Å². The van der Waals surface area contributed by atoms with Crippen LogP contribution in [0, 0.1) is 0 Å². The number of piperazine rings is 1. The molecule has 2 heterocycles. The molecule has 4 heteroatoms. The number of rotatable bonds is 2. The standard InChI is InChI=1S/C10H22N4/c1-12-3-5-14(6-4-12)10(7-11)8-13(2)9-10/h3-9,11H2,1-2H3. The fraction of sp³-hybridized carbons (Fsp3) is 1.00. The lowest BCUT2D eigenvalue weighted by molar-refractivity contribution is -0.0539. The predicted molar refractivity (Wildman–Crippen MR) is 58.4 cm³/mol. The van der Waals surface area contributed by atoms with Gasteiger partial charge in [0, 0.05) is 45.8 Å². The van der Waals surface area contributed by atoms with Crippen LogP contribution in [0.3, 0.4) is 0 Å². The summed E-state index contributed by atoms with van der Waals surface area (Å²) in [6, 6.07) is 0. The van der Waals surface area contributed by atoms with Crippen molar-refractivity contribution in [3.8, 4) is 0 Å². The summed E-state index contributed by atoms with van der Waals surface area (Å²) < 4.78 is 0. The van der Waals surface area contributed by atoms with Gasteiger partial charge in [0.05, 0.1) is 5.54 Å². The van der Waals surface area contributed by atoms with Gasteiger partial charge in [0.25, 0.3) is 0 Å². The molecule has 2 N–H and O–H groups in total. The molecular formula is C10H22N4. The number of nitrogens with zero attached hydrogens (tertiary/aromatic N) is 3. The normalized spacial score (nSPS) is 30.2. The van der Waals surface area contributed by atoms with Gasteiger partial charge in [0.1, 0.15) is 0 Å². The Balaban J connectivity index is 1.93. The molecule has 14 heavy (non-hydrogen) atoms. The number of likely N-dealkylation sites (N-methyl/N-ethyl adjacent to an activating group) is 2. The second-order valence-corrected chi connectivity index (χ2v) is 4.89. The van der Waals surface area contributed by atoms with Crippen LogP contribution in [0.15, 0.2) is 0 Å². The summed E-state index contributed by atoms with van der Waals surface area (Å²) in [5.41, 5.74) is 6.22. The van der Waals surface area contributed by atoms with E-state index >= 15 is 0 Å². The highest BCUT2D eigenvalue weighted by Gasteiger charge is 2.45. The number of likely N-dealkylation sites (tertiary alicyclic amines) is 1. The molecule has 2 aliphatic heterocycles. The molecule has 0 saturated carbocycles. The molecule has 0 unspecified atom stereocenters. The average Bonchev–Trinajstić information content (AvgIpc) is 2.14. The van der Waals surface area contributed by atoms with E-state index in [1.165, 1.54) is 26.2 Å². The topological polar surface area (TPSA) is 35.7 Å². The molecule has 0 spiro atoms. The van der Waals surface area contributed by atoms with Crippen LogP contribution in [-0.4, -0.2) is 80.1 Å². The summed E-state index contributed by atoms with van der Waals surface area (Å²) in [4.78, 5) is 7.33. The lowest BCUT2D eigenvalue weighted by Crippen LogP contribution is -2.74. The summed E-state index contributed by atoms with van der Waals surface area (Å²) in [7, 11) is 4.36.